The molecule has 13 rings (SSSR count). The van der Waals surface area contributed by atoms with Crippen LogP contribution in [0.25, 0.3) is 106 Å². The lowest BCUT2D eigenvalue weighted by atomic mass is 9.88. The van der Waals surface area contributed by atoms with Gasteiger partial charge >= 0.3 is 0 Å². The van der Waals surface area contributed by atoms with Crippen molar-refractivity contribution in [2.45, 2.75) is 26.2 Å². The quantitative estimate of drug-likeness (QED) is 0.101. The molecule has 10 aromatic carbocycles. The van der Waals surface area contributed by atoms with Gasteiger partial charge in [0.1, 0.15) is 17.3 Å². The molecule has 0 saturated heterocycles. The van der Waals surface area contributed by atoms with E-state index in [0.717, 1.165) is 66.6 Å². The number of nitrogens with zero attached hydrogens (tertiary/aromatic N) is 4. The zero-order valence-electron chi connectivity index (χ0n) is 51.2. The SMILES string of the molecule is [2H]c1c([2H])c([2H])c(-c2cccc(-c3c([2H])c([2H])c([2H])c([2H])c3[2H])c2-[n+]2[c-]n(-c3cc(Oc4ccc5c6ccccc6n(-c6cc(C(C)(C)C)ccn6)c5c4)cc(-c4cc(-c5ccccc5)cc(-c5ccccc5)c4)c3)c3ccccc32)c([2H])c1[2H]. The van der Waals surface area contributed by atoms with Crippen molar-refractivity contribution in [2.75, 3.05) is 0 Å². The molecule has 3 heterocycles. The van der Waals surface area contributed by atoms with Crippen LogP contribution >= 0.6 is 0 Å². The highest BCUT2D eigenvalue weighted by molar-refractivity contribution is 6.09. The van der Waals surface area contributed by atoms with Gasteiger partial charge in [-0.2, -0.15) is 0 Å². The molecule has 0 amide bonds. The Kier molecular flexibility index (Phi) is 8.90. The van der Waals surface area contributed by atoms with Crippen LogP contribution in [-0.4, -0.2) is 14.1 Å². The van der Waals surface area contributed by atoms with Crippen LogP contribution in [0.15, 0.2) is 261 Å². The second-order valence-corrected chi connectivity index (χ2v) is 19.5. The van der Waals surface area contributed by atoms with E-state index < -0.39 is 60.4 Å². The summed E-state index contributed by atoms with van der Waals surface area (Å²) in [6.45, 7) is 6.56. The van der Waals surface area contributed by atoms with Crippen molar-refractivity contribution in [1.29, 1.82) is 0 Å². The third-order valence-corrected chi connectivity index (χ3v) is 13.7. The maximum absolute atomic E-state index is 9.24. The van der Waals surface area contributed by atoms with E-state index in [2.05, 4.69) is 104 Å². The lowest BCUT2D eigenvalue weighted by Gasteiger charge is -2.20. The highest BCUT2D eigenvalue weighted by Crippen LogP contribution is 2.41. The lowest BCUT2D eigenvalue weighted by molar-refractivity contribution is -0.571. The number of hydrogen-bond acceptors (Lipinski definition) is 2. The van der Waals surface area contributed by atoms with Gasteiger partial charge in [0, 0.05) is 23.0 Å². The van der Waals surface area contributed by atoms with E-state index in [0.29, 0.717) is 28.2 Å². The molecule has 3 aromatic heterocycles. The first-order valence-corrected chi connectivity index (χ1v) is 24.8. The van der Waals surface area contributed by atoms with Crippen molar-refractivity contribution in [3.05, 3.63) is 273 Å². The van der Waals surface area contributed by atoms with Gasteiger partial charge < -0.3 is 4.74 Å². The molecule has 0 aliphatic rings. The number of para-hydroxylation sites is 4. The molecular weight excluding hydrogens is 913 g/mol. The maximum atomic E-state index is 9.24. The van der Waals surface area contributed by atoms with Crippen LogP contribution in [0.2, 0.25) is 0 Å². The average molecular weight is 975 g/mol. The second-order valence-electron chi connectivity index (χ2n) is 19.5. The molecule has 0 aliphatic heterocycles. The van der Waals surface area contributed by atoms with Crippen LogP contribution in [0.3, 0.4) is 0 Å². The number of rotatable bonds is 10. The molecule has 0 N–H and O–H groups in total. The molecule has 0 atom stereocenters. The van der Waals surface area contributed by atoms with Crippen LogP contribution in [0.4, 0.5) is 0 Å². The number of ether oxygens (including phenoxy) is 1. The van der Waals surface area contributed by atoms with E-state index in [1.165, 1.54) is 0 Å². The van der Waals surface area contributed by atoms with E-state index in [4.69, 9.17) is 17.9 Å². The monoisotopic (exact) mass is 974 g/mol. The first-order valence-electron chi connectivity index (χ1n) is 29.8. The Hall–Kier alpha value is -9.58. The number of hydrogen-bond donors (Lipinski definition) is 0. The third-order valence-electron chi connectivity index (χ3n) is 13.7. The molecule has 5 nitrogen and oxygen atoms in total. The third kappa shape index (κ3) is 8.54. The molecule has 0 spiro atoms. The molecule has 0 bridgehead atoms. The summed E-state index contributed by atoms with van der Waals surface area (Å²) in [5.74, 6) is 1.81. The minimum Gasteiger partial charge on any atom is -0.458 e. The molecule has 0 aliphatic carbocycles. The van der Waals surface area contributed by atoms with Crippen molar-refractivity contribution in [3.63, 3.8) is 0 Å². The van der Waals surface area contributed by atoms with Crippen LogP contribution < -0.4 is 9.30 Å². The lowest BCUT2D eigenvalue weighted by Crippen LogP contribution is -2.31. The van der Waals surface area contributed by atoms with Crippen molar-refractivity contribution >= 4 is 32.8 Å². The fourth-order valence-corrected chi connectivity index (χ4v) is 10.1. The number of fused-ring (bicyclic) bond motifs is 4. The summed E-state index contributed by atoms with van der Waals surface area (Å²) in [5, 5.41) is 2.09. The van der Waals surface area contributed by atoms with Crippen molar-refractivity contribution in [2.24, 2.45) is 0 Å². The van der Waals surface area contributed by atoms with Gasteiger partial charge in [0.25, 0.3) is 6.33 Å². The van der Waals surface area contributed by atoms with E-state index in [1.807, 2.05) is 114 Å². The summed E-state index contributed by atoms with van der Waals surface area (Å²) >= 11 is 0. The number of aromatic nitrogens is 4. The van der Waals surface area contributed by atoms with Crippen LogP contribution in [0.1, 0.15) is 40.0 Å². The molecule has 75 heavy (non-hydrogen) atoms. The van der Waals surface area contributed by atoms with Gasteiger partial charge in [-0.3, -0.25) is 13.7 Å². The van der Waals surface area contributed by atoms with Gasteiger partial charge in [-0.05, 0) is 133 Å². The zero-order chi connectivity index (χ0) is 59.2. The Morgan fingerprint density at radius 3 is 1.69 bits per heavy atom. The van der Waals surface area contributed by atoms with Gasteiger partial charge in [0.2, 0.25) is 0 Å². The van der Waals surface area contributed by atoms with E-state index >= 15 is 0 Å². The van der Waals surface area contributed by atoms with Crippen LogP contribution in [-0.2, 0) is 5.41 Å². The van der Waals surface area contributed by atoms with Gasteiger partial charge in [-0.25, -0.2) is 4.98 Å². The number of imidazole rings is 1. The van der Waals surface area contributed by atoms with Crippen LogP contribution in [0, 0.1) is 6.33 Å². The fourth-order valence-electron chi connectivity index (χ4n) is 10.1. The molecule has 0 unspecified atom stereocenters. The topological polar surface area (TPSA) is 35.9 Å². The number of pyridine rings is 1. The van der Waals surface area contributed by atoms with E-state index in [-0.39, 0.29) is 33.4 Å². The summed E-state index contributed by atoms with van der Waals surface area (Å²) < 4.78 is 102. The summed E-state index contributed by atoms with van der Waals surface area (Å²) in [5.41, 5.74) is 10.5. The number of benzene rings is 10. The van der Waals surface area contributed by atoms with Gasteiger partial charge in [-0.15, -0.1) is 0 Å². The molecule has 0 radical (unpaired) electrons. The largest absolute Gasteiger partial charge is 0.458 e. The molecule has 358 valence electrons. The molecule has 0 saturated carbocycles. The Morgan fingerprint density at radius 1 is 0.467 bits per heavy atom. The summed E-state index contributed by atoms with van der Waals surface area (Å²) in [6, 6.07) is 58.4. The minimum absolute atomic E-state index is 0.127. The van der Waals surface area contributed by atoms with Gasteiger partial charge in [-0.1, -0.05) is 203 Å². The van der Waals surface area contributed by atoms with Crippen molar-refractivity contribution in [1.82, 2.24) is 14.1 Å². The smallest absolute Gasteiger partial charge is 0.269 e. The van der Waals surface area contributed by atoms with Gasteiger partial charge in [0.05, 0.1) is 47.1 Å². The fraction of sp³-hybridized carbons (Fsp3) is 0.0571. The Labute approximate surface area is 451 Å². The molecule has 13 aromatic rings. The van der Waals surface area contributed by atoms with E-state index in [9.17, 15) is 5.48 Å². The first kappa shape index (κ1) is 35.5. The summed E-state index contributed by atoms with van der Waals surface area (Å²) in [4.78, 5) is 4.92. The highest BCUT2D eigenvalue weighted by Gasteiger charge is 2.22. The predicted octanol–water partition coefficient (Wildman–Crippen LogP) is 17.6. The molecule has 0 fully saturated rings. The average Bonchev–Trinajstić information content (AvgIpc) is 2.14. The first-order chi connectivity index (χ1) is 40.9. The summed E-state index contributed by atoms with van der Waals surface area (Å²) in [6.07, 6.45) is 5.44. The second kappa shape index (κ2) is 18.8. The highest BCUT2D eigenvalue weighted by atomic mass is 16.5. The van der Waals surface area contributed by atoms with E-state index in [1.54, 1.807) is 22.8 Å². The molecular formula is C70H52N4O. The Balaban J connectivity index is 1.07. The van der Waals surface area contributed by atoms with Crippen molar-refractivity contribution in [3.8, 4) is 84.3 Å². The minimum atomic E-state index is -0.578. The predicted molar refractivity (Wildman–Crippen MR) is 308 cm³/mol. The van der Waals surface area contributed by atoms with Crippen LogP contribution in [0.5, 0.6) is 11.5 Å². The zero-order valence-corrected chi connectivity index (χ0v) is 41.2. The summed E-state index contributed by atoms with van der Waals surface area (Å²) in [7, 11) is 0. The Bertz CT molecular complexity index is 4660. The standard InChI is InChI=1S/C70H52N4O/c1-70(2,3)56-37-38-71-68(44-56)74-64-32-17-16-29-62(64)63-36-35-58(46-67(63)74)75-59-43-55(54-40-52(48-21-8-4-9-22-48)39-53(41-54)49-23-10-5-11-24-49)42-57(45-59)72-47-73(66-34-19-18-33-65(66)72)69-60(50-25-12-6-13-26-50)30-20-31-61(69)51-27-14-7-15-28-51/h4-46H,1-3H3/i6D,7D,12D,13D,14D,15D,25D,26D,27D,28D. The van der Waals surface area contributed by atoms with Crippen molar-refractivity contribution < 1.29 is 23.0 Å². The normalized spacial score (nSPS) is 13.5. The maximum Gasteiger partial charge on any atom is 0.269 e. The molecule has 5 heteroatoms. The Morgan fingerprint density at radius 2 is 1.04 bits per heavy atom. The van der Waals surface area contributed by atoms with Gasteiger partial charge in [0.15, 0.2) is 0 Å².